The first kappa shape index (κ1) is 18.0. The molecule has 2 aromatic rings. The van der Waals surface area contributed by atoms with Gasteiger partial charge in [-0.15, -0.1) is 0 Å². The Bertz CT molecular complexity index is 816. The number of hydrogen-bond acceptors (Lipinski definition) is 4. The fraction of sp³-hybridized carbons (Fsp3) is 0.167. The Morgan fingerprint density at radius 2 is 2.04 bits per heavy atom. The second kappa shape index (κ2) is 9.10. The maximum atomic E-state index is 13.6. The molecule has 0 unspecified atom stereocenters. The van der Waals surface area contributed by atoms with Gasteiger partial charge in [-0.3, -0.25) is 0 Å². The molecule has 0 aliphatic carbocycles. The van der Waals surface area contributed by atoms with Crippen molar-refractivity contribution >= 4 is 12.0 Å². The number of carbonyl (C=O) groups is 1. The zero-order valence-electron chi connectivity index (χ0n) is 13.6. The first-order valence-corrected chi connectivity index (χ1v) is 7.54. The lowest BCUT2D eigenvalue weighted by molar-refractivity contribution is -0.138. The first-order chi connectivity index (χ1) is 12.1. The van der Waals surface area contributed by atoms with Crippen LogP contribution in [-0.2, 0) is 16.1 Å². The van der Waals surface area contributed by atoms with Gasteiger partial charge in [-0.2, -0.15) is 0 Å². The van der Waals surface area contributed by atoms with Crippen LogP contribution in [0.4, 0.5) is 4.39 Å². The summed E-state index contributed by atoms with van der Waals surface area (Å²) in [5.74, 6) is -1.03. The zero-order valence-corrected chi connectivity index (χ0v) is 13.6. The van der Waals surface area contributed by atoms with E-state index in [-0.39, 0.29) is 24.7 Å². The molecule has 0 N–H and O–H groups in total. The minimum absolute atomic E-state index is 0.137. The molecule has 6 nitrogen and oxygen atoms in total. The van der Waals surface area contributed by atoms with Gasteiger partial charge in [0.25, 0.3) is 0 Å². The van der Waals surface area contributed by atoms with Crippen LogP contribution in [0.15, 0.2) is 59.3 Å². The van der Waals surface area contributed by atoms with Crippen LogP contribution in [0.5, 0.6) is 5.75 Å². The van der Waals surface area contributed by atoms with E-state index in [9.17, 15) is 9.18 Å². The highest BCUT2D eigenvalue weighted by molar-refractivity contribution is 5.93. The Balaban J connectivity index is 2.31. The third kappa shape index (κ3) is 5.37. The average molecular weight is 341 g/mol. The van der Waals surface area contributed by atoms with Crippen LogP contribution in [0.2, 0.25) is 0 Å². The number of halogens is 1. The van der Waals surface area contributed by atoms with Gasteiger partial charge in [0.2, 0.25) is 0 Å². The van der Waals surface area contributed by atoms with E-state index in [1.807, 2.05) is 30.3 Å². The van der Waals surface area contributed by atoms with Crippen molar-refractivity contribution in [2.45, 2.75) is 13.5 Å². The van der Waals surface area contributed by atoms with E-state index in [0.29, 0.717) is 5.56 Å². The Hall–Kier alpha value is -3.31. The summed E-state index contributed by atoms with van der Waals surface area (Å²) in [6.45, 7) is 2.00. The highest BCUT2D eigenvalue weighted by Crippen LogP contribution is 2.24. The van der Waals surface area contributed by atoms with Crippen LogP contribution < -0.4 is 4.74 Å². The molecule has 0 aliphatic heterocycles. The van der Waals surface area contributed by atoms with Gasteiger partial charge in [0.1, 0.15) is 23.9 Å². The van der Waals surface area contributed by atoms with Crippen LogP contribution in [0.1, 0.15) is 18.1 Å². The highest BCUT2D eigenvalue weighted by Gasteiger charge is 2.11. The molecule has 128 valence electrons. The van der Waals surface area contributed by atoms with Gasteiger partial charge in [-0.1, -0.05) is 35.4 Å². The molecule has 0 bridgehead atoms. The second-order valence-corrected chi connectivity index (χ2v) is 4.90. The lowest BCUT2D eigenvalue weighted by atomic mass is 10.1. The number of ether oxygens (including phenoxy) is 2. The maximum Gasteiger partial charge on any atom is 0.340 e. The summed E-state index contributed by atoms with van der Waals surface area (Å²) in [5, 5.41) is 3.34. The monoisotopic (exact) mass is 341 g/mol. The van der Waals surface area contributed by atoms with Gasteiger partial charge >= 0.3 is 5.97 Å². The summed E-state index contributed by atoms with van der Waals surface area (Å²) >= 11 is 0. The predicted molar refractivity (Wildman–Crippen MR) is 90.9 cm³/mol. The first-order valence-electron chi connectivity index (χ1n) is 7.54. The van der Waals surface area contributed by atoms with Gasteiger partial charge < -0.3 is 9.47 Å². The molecule has 0 saturated carbocycles. The molecule has 0 amide bonds. The number of benzene rings is 2. The molecule has 0 atom stereocenters. The van der Waals surface area contributed by atoms with Gasteiger partial charge in [0.05, 0.1) is 6.61 Å². The molecule has 0 saturated heterocycles. The summed E-state index contributed by atoms with van der Waals surface area (Å²) in [6, 6.07) is 13.2. The molecule has 0 heterocycles. The van der Waals surface area contributed by atoms with Crippen LogP contribution in [-0.4, -0.2) is 12.6 Å². The topological polar surface area (TPSA) is 84.3 Å². The number of esters is 1. The number of hydrogen-bond donors (Lipinski definition) is 0. The fourth-order valence-corrected chi connectivity index (χ4v) is 2.02. The predicted octanol–water partition coefficient (Wildman–Crippen LogP) is 4.62. The third-order valence-corrected chi connectivity index (χ3v) is 3.14. The largest absolute Gasteiger partial charge is 0.488 e. The van der Waals surface area contributed by atoms with Gasteiger partial charge in [0, 0.05) is 16.5 Å². The zero-order chi connectivity index (χ0) is 18.1. The molecule has 0 fully saturated rings. The molecule has 0 aliphatic rings. The molecular formula is C18H16FN3O3. The molecule has 2 rings (SSSR count). The fourth-order valence-electron chi connectivity index (χ4n) is 2.02. The lowest BCUT2D eigenvalue weighted by Gasteiger charge is -2.10. The quantitative estimate of drug-likeness (QED) is 0.242. The van der Waals surface area contributed by atoms with E-state index in [1.54, 1.807) is 6.92 Å². The summed E-state index contributed by atoms with van der Waals surface area (Å²) in [4.78, 5) is 14.4. The summed E-state index contributed by atoms with van der Waals surface area (Å²) in [6.07, 6.45) is 1.30. The lowest BCUT2D eigenvalue weighted by Crippen LogP contribution is -2.06. The number of carbonyl (C=O) groups excluding carboxylic acids is 1. The van der Waals surface area contributed by atoms with Crippen molar-refractivity contribution in [2.24, 2.45) is 5.11 Å². The maximum absolute atomic E-state index is 13.6. The molecule has 7 heteroatoms. The van der Waals surface area contributed by atoms with Crippen molar-refractivity contribution < 1.29 is 18.7 Å². The third-order valence-electron chi connectivity index (χ3n) is 3.14. The van der Waals surface area contributed by atoms with E-state index < -0.39 is 11.8 Å². The van der Waals surface area contributed by atoms with Crippen LogP contribution in [0, 0.1) is 5.82 Å². The number of azide groups is 1. The number of rotatable bonds is 7. The van der Waals surface area contributed by atoms with Gasteiger partial charge in [-0.25, -0.2) is 9.18 Å². The Kier molecular flexibility index (Phi) is 6.56. The SMILES string of the molecule is CCOC(=O)C(=Cc1ccc(F)cc1OCc1ccccc1)N=[N+]=[N-]. The minimum atomic E-state index is -0.765. The van der Waals surface area contributed by atoms with Crippen molar-refractivity contribution in [2.75, 3.05) is 6.61 Å². The van der Waals surface area contributed by atoms with E-state index in [1.165, 1.54) is 24.3 Å². The molecule has 25 heavy (non-hydrogen) atoms. The Morgan fingerprint density at radius 3 is 2.72 bits per heavy atom. The Morgan fingerprint density at radius 1 is 1.28 bits per heavy atom. The van der Waals surface area contributed by atoms with E-state index >= 15 is 0 Å². The van der Waals surface area contributed by atoms with Crippen molar-refractivity contribution in [3.05, 3.63) is 81.6 Å². The standard InChI is InChI=1S/C18H16FN3O3/c1-2-24-18(23)16(21-22-20)10-14-8-9-15(19)11-17(14)25-12-13-6-4-3-5-7-13/h3-11H,2,12H2,1H3. The van der Waals surface area contributed by atoms with Gasteiger partial charge in [0.15, 0.2) is 0 Å². The molecule has 0 aromatic heterocycles. The second-order valence-electron chi connectivity index (χ2n) is 4.90. The van der Waals surface area contributed by atoms with E-state index in [4.69, 9.17) is 15.0 Å². The van der Waals surface area contributed by atoms with E-state index in [0.717, 1.165) is 5.56 Å². The average Bonchev–Trinajstić information content (AvgIpc) is 2.62. The Labute approximate surface area is 144 Å². The highest BCUT2D eigenvalue weighted by atomic mass is 19.1. The van der Waals surface area contributed by atoms with Crippen molar-refractivity contribution in [3.63, 3.8) is 0 Å². The molecule has 0 radical (unpaired) electrons. The van der Waals surface area contributed by atoms with Crippen molar-refractivity contribution in [1.29, 1.82) is 0 Å². The summed E-state index contributed by atoms with van der Waals surface area (Å²) in [5.41, 5.74) is 9.68. The normalized spacial score (nSPS) is 10.7. The van der Waals surface area contributed by atoms with E-state index in [2.05, 4.69) is 10.0 Å². The minimum Gasteiger partial charge on any atom is -0.488 e. The van der Waals surface area contributed by atoms with Crippen molar-refractivity contribution in [1.82, 2.24) is 0 Å². The molecule has 0 spiro atoms. The summed E-state index contributed by atoms with van der Waals surface area (Å²) in [7, 11) is 0. The molecular weight excluding hydrogens is 325 g/mol. The molecule has 2 aromatic carbocycles. The van der Waals surface area contributed by atoms with Gasteiger partial charge in [-0.05, 0) is 36.2 Å². The van der Waals surface area contributed by atoms with Crippen LogP contribution in [0.25, 0.3) is 16.5 Å². The summed E-state index contributed by atoms with van der Waals surface area (Å²) < 4.78 is 24.0. The van der Waals surface area contributed by atoms with Crippen molar-refractivity contribution in [3.8, 4) is 5.75 Å². The number of nitrogens with zero attached hydrogens (tertiary/aromatic N) is 3. The smallest absolute Gasteiger partial charge is 0.340 e. The van der Waals surface area contributed by atoms with Crippen LogP contribution in [0.3, 0.4) is 0 Å². The van der Waals surface area contributed by atoms with Crippen LogP contribution >= 0.6 is 0 Å².